The summed E-state index contributed by atoms with van der Waals surface area (Å²) in [5.74, 6) is -0.773. The lowest BCUT2D eigenvalue weighted by Gasteiger charge is -2.01. The molecule has 0 spiro atoms. The van der Waals surface area contributed by atoms with Crippen LogP contribution in [0.1, 0.15) is 25.6 Å². The quantitative estimate of drug-likeness (QED) is 0.839. The maximum Gasteiger partial charge on any atom is 0.298 e. The Kier molecular flexibility index (Phi) is 3.33. The van der Waals surface area contributed by atoms with Gasteiger partial charge in [0.1, 0.15) is 11.6 Å². The molecule has 0 radical (unpaired) electrons. The molecule has 2 aromatic rings. The fraction of sp³-hybridized carbons (Fsp3) is 0.273. The van der Waals surface area contributed by atoms with E-state index in [1.807, 2.05) is 13.8 Å². The lowest BCUT2D eigenvalue weighted by Crippen LogP contribution is -1.91. The van der Waals surface area contributed by atoms with Gasteiger partial charge in [0.2, 0.25) is 0 Å². The van der Waals surface area contributed by atoms with Gasteiger partial charge in [0.15, 0.2) is 11.6 Å². The molecule has 0 aliphatic heterocycles. The molecular weight excluding hydrogens is 246 g/mol. The van der Waals surface area contributed by atoms with E-state index < -0.39 is 11.6 Å². The second-order valence-corrected chi connectivity index (χ2v) is 4.47. The molecule has 0 N–H and O–H groups in total. The molecule has 0 unspecified atom stereocenters. The fourth-order valence-electron chi connectivity index (χ4n) is 1.14. The molecule has 0 bridgehead atoms. The number of nitrogens with zero attached hydrogens (tertiary/aromatic N) is 2. The largest absolute Gasteiger partial charge is 0.430 e. The molecule has 0 fully saturated rings. The molecule has 0 aliphatic carbocycles. The number of hydrogen-bond acceptors (Lipinski definition) is 4. The molecule has 17 heavy (non-hydrogen) atoms. The Bertz CT molecular complexity index is 528. The molecular formula is C11H10F2N2OS. The van der Waals surface area contributed by atoms with Crippen LogP contribution in [0.3, 0.4) is 0 Å². The Hall–Kier alpha value is -1.56. The monoisotopic (exact) mass is 256 g/mol. The van der Waals surface area contributed by atoms with Crippen LogP contribution in [-0.2, 0) is 0 Å². The van der Waals surface area contributed by atoms with Gasteiger partial charge >= 0.3 is 0 Å². The van der Waals surface area contributed by atoms with E-state index in [0.29, 0.717) is 11.0 Å². The molecule has 1 aromatic heterocycles. The Morgan fingerprint density at radius 3 is 2.59 bits per heavy atom. The maximum atomic E-state index is 12.9. The Morgan fingerprint density at radius 1 is 1.24 bits per heavy atom. The van der Waals surface area contributed by atoms with Gasteiger partial charge in [-0.25, -0.2) is 8.78 Å². The lowest BCUT2D eigenvalue weighted by molar-refractivity contribution is 0.457. The third kappa shape index (κ3) is 2.76. The van der Waals surface area contributed by atoms with Gasteiger partial charge in [0.05, 0.1) is 0 Å². The summed E-state index contributed by atoms with van der Waals surface area (Å²) in [5.41, 5.74) is 0. The van der Waals surface area contributed by atoms with E-state index in [0.717, 1.165) is 23.7 Å². The Labute approximate surface area is 101 Å². The van der Waals surface area contributed by atoms with Crippen molar-refractivity contribution in [2.24, 2.45) is 0 Å². The van der Waals surface area contributed by atoms with Crippen molar-refractivity contribution in [1.29, 1.82) is 0 Å². The first kappa shape index (κ1) is 11.9. The highest BCUT2D eigenvalue weighted by Gasteiger charge is 2.10. The summed E-state index contributed by atoms with van der Waals surface area (Å²) in [6, 6.07) is 3.33. The smallest absolute Gasteiger partial charge is 0.298 e. The van der Waals surface area contributed by atoms with Crippen molar-refractivity contribution in [1.82, 2.24) is 9.36 Å². The third-order valence-electron chi connectivity index (χ3n) is 2.04. The number of hydrogen-bond donors (Lipinski definition) is 0. The fourth-order valence-corrected chi connectivity index (χ4v) is 1.83. The van der Waals surface area contributed by atoms with E-state index in [1.165, 1.54) is 6.07 Å². The highest BCUT2D eigenvalue weighted by molar-refractivity contribution is 7.07. The minimum atomic E-state index is -0.948. The number of ether oxygens (including phenoxy) is 1. The molecule has 1 aromatic carbocycles. The molecule has 90 valence electrons. The number of benzene rings is 1. The number of halogens is 2. The van der Waals surface area contributed by atoms with Gasteiger partial charge < -0.3 is 4.74 Å². The van der Waals surface area contributed by atoms with Crippen molar-refractivity contribution in [2.75, 3.05) is 0 Å². The van der Waals surface area contributed by atoms with E-state index in [2.05, 4.69) is 9.36 Å². The Morgan fingerprint density at radius 2 is 2.00 bits per heavy atom. The summed E-state index contributed by atoms with van der Waals surface area (Å²) >= 11 is 1.08. The van der Waals surface area contributed by atoms with Crippen molar-refractivity contribution in [3.63, 3.8) is 0 Å². The van der Waals surface area contributed by atoms with Crippen LogP contribution in [0.5, 0.6) is 10.9 Å². The summed E-state index contributed by atoms with van der Waals surface area (Å²) in [4.78, 5) is 4.13. The first-order chi connectivity index (χ1) is 8.06. The average molecular weight is 256 g/mol. The maximum absolute atomic E-state index is 12.9. The van der Waals surface area contributed by atoms with Gasteiger partial charge in [-0.05, 0) is 12.1 Å². The van der Waals surface area contributed by atoms with Crippen LogP contribution < -0.4 is 4.74 Å². The van der Waals surface area contributed by atoms with E-state index in [4.69, 9.17) is 4.74 Å². The summed E-state index contributed by atoms with van der Waals surface area (Å²) in [6.45, 7) is 3.92. The predicted molar refractivity (Wildman–Crippen MR) is 60.4 cm³/mol. The highest BCUT2D eigenvalue weighted by atomic mass is 32.1. The summed E-state index contributed by atoms with van der Waals surface area (Å²) in [7, 11) is 0. The number of aromatic nitrogens is 2. The van der Waals surface area contributed by atoms with Crippen LogP contribution in [0.25, 0.3) is 0 Å². The van der Waals surface area contributed by atoms with Crippen LogP contribution in [0.2, 0.25) is 0 Å². The molecule has 0 saturated carbocycles. The normalized spacial score (nSPS) is 10.9. The molecule has 2 rings (SSSR count). The minimum Gasteiger partial charge on any atom is -0.430 e. The summed E-state index contributed by atoms with van der Waals surface area (Å²) in [5, 5.41) is 0.319. The van der Waals surface area contributed by atoms with E-state index in [9.17, 15) is 8.78 Å². The van der Waals surface area contributed by atoms with Crippen LogP contribution >= 0.6 is 11.5 Å². The first-order valence-electron chi connectivity index (χ1n) is 5.03. The van der Waals surface area contributed by atoms with Gasteiger partial charge in [-0.2, -0.15) is 9.36 Å². The van der Waals surface area contributed by atoms with E-state index >= 15 is 0 Å². The molecule has 6 heteroatoms. The molecule has 0 aliphatic rings. The van der Waals surface area contributed by atoms with Gasteiger partial charge in [0, 0.05) is 23.5 Å². The van der Waals surface area contributed by atoms with Crippen molar-refractivity contribution in [2.45, 2.75) is 19.8 Å². The second-order valence-electron chi connectivity index (χ2n) is 3.75. The standard InChI is InChI=1S/C11H10F2N2OS/c1-6(2)10-14-11(17-15-10)16-7-3-4-8(12)9(13)5-7/h3-6H,1-2H3. The van der Waals surface area contributed by atoms with Crippen molar-refractivity contribution < 1.29 is 13.5 Å². The van der Waals surface area contributed by atoms with Crippen LogP contribution in [-0.4, -0.2) is 9.36 Å². The van der Waals surface area contributed by atoms with Crippen molar-refractivity contribution >= 4 is 11.5 Å². The molecule has 0 atom stereocenters. The summed E-state index contributed by atoms with van der Waals surface area (Å²) < 4.78 is 35.0. The zero-order chi connectivity index (χ0) is 12.4. The summed E-state index contributed by atoms with van der Waals surface area (Å²) in [6.07, 6.45) is 0. The third-order valence-corrected chi connectivity index (χ3v) is 2.64. The lowest BCUT2D eigenvalue weighted by atomic mass is 10.2. The average Bonchev–Trinajstić information content (AvgIpc) is 2.72. The van der Waals surface area contributed by atoms with Gasteiger partial charge in [0.25, 0.3) is 5.19 Å². The second kappa shape index (κ2) is 4.75. The molecule has 3 nitrogen and oxygen atoms in total. The topological polar surface area (TPSA) is 35.0 Å². The van der Waals surface area contributed by atoms with Crippen LogP contribution in [0.15, 0.2) is 18.2 Å². The molecule has 0 saturated heterocycles. The van der Waals surface area contributed by atoms with Gasteiger partial charge in [-0.15, -0.1) is 0 Å². The zero-order valence-corrected chi connectivity index (χ0v) is 10.1. The highest BCUT2D eigenvalue weighted by Crippen LogP contribution is 2.26. The van der Waals surface area contributed by atoms with Gasteiger partial charge in [-0.3, -0.25) is 0 Å². The molecule has 0 amide bonds. The van der Waals surface area contributed by atoms with E-state index in [1.54, 1.807) is 0 Å². The number of rotatable bonds is 3. The van der Waals surface area contributed by atoms with Crippen molar-refractivity contribution in [3.05, 3.63) is 35.7 Å². The van der Waals surface area contributed by atoms with Crippen molar-refractivity contribution in [3.8, 4) is 10.9 Å². The van der Waals surface area contributed by atoms with Crippen LogP contribution in [0, 0.1) is 11.6 Å². The first-order valence-corrected chi connectivity index (χ1v) is 5.80. The van der Waals surface area contributed by atoms with Gasteiger partial charge in [-0.1, -0.05) is 13.8 Å². The van der Waals surface area contributed by atoms with Crippen LogP contribution in [0.4, 0.5) is 8.78 Å². The minimum absolute atomic E-state index is 0.202. The zero-order valence-electron chi connectivity index (χ0n) is 9.28. The molecule has 1 heterocycles. The van der Waals surface area contributed by atoms with E-state index in [-0.39, 0.29) is 11.7 Å². The Balaban J connectivity index is 2.16. The predicted octanol–water partition coefficient (Wildman–Crippen LogP) is 3.73. The SMILES string of the molecule is CC(C)c1nsc(Oc2ccc(F)c(F)c2)n1.